The summed E-state index contributed by atoms with van der Waals surface area (Å²) in [4.78, 5) is 8.44. The monoisotopic (exact) mass is 282 g/mol. The van der Waals surface area contributed by atoms with E-state index in [2.05, 4.69) is 34.4 Å². The molecule has 0 aliphatic heterocycles. The number of nitrogens with one attached hydrogen (secondary N) is 2. The van der Waals surface area contributed by atoms with E-state index in [4.69, 9.17) is 9.84 Å². The van der Waals surface area contributed by atoms with E-state index in [9.17, 15) is 0 Å². The number of ether oxygens (including phenoxy) is 1. The van der Waals surface area contributed by atoms with Crippen molar-refractivity contribution in [2.75, 3.05) is 37.4 Å². The van der Waals surface area contributed by atoms with E-state index in [1.165, 1.54) is 6.33 Å². The summed E-state index contributed by atoms with van der Waals surface area (Å²) in [5.41, 5.74) is 0. The molecule has 6 nitrogen and oxygen atoms in total. The number of nitrogens with zero attached hydrogens (tertiary/aromatic N) is 2. The lowest BCUT2D eigenvalue weighted by Gasteiger charge is -2.17. The van der Waals surface area contributed by atoms with Crippen LogP contribution in [0.4, 0.5) is 11.6 Å². The Morgan fingerprint density at radius 3 is 2.50 bits per heavy atom. The molecule has 0 spiro atoms. The van der Waals surface area contributed by atoms with Crippen molar-refractivity contribution in [3.05, 3.63) is 6.33 Å². The molecule has 0 aliphatic rings. The molecule has 0 fully saturated rings. The topological polar surface area (TPSA) is 79.3 Å². The molecule has 0 aromatic carbocycles. The molecule has 1 unspecified atom stereocenters. The van der Waals surface area contributed by atoms with Gasteiger partial charge in [0.15, 0.2) is 11.6 Å². The third-order valence-electron chi connectivity index (χ3n) is 3.22. The first-order chi connectivity index (χ1) is 9.76. The zero-order valence-corrected chi connectivity index (χ0v) is 12.6. The van der Waals surface area contributed by atoms with Crippen LogP contribution in [0.3, 0.4) is 0 Å². The highest BCUT2D eigenvalue weighted by atomic mass is 16.5. The number of aliphatic hydroxyl groups is 1. The number of anilines is 2. The van der Waals surface area contributed by atoms with Gasteiger partial charge in [-0.3, -0.25) is 0 Å². The summed E-state index contributed by atoms with van der Waals surface area (Å²) in [6.07, 6.45) is 4.35. The third kappa shape index (κ3) is 4.85. The first-order valence-electron chi connectivity index (χ1n) is 7.24. The van der Waals surface area contributed by atoms with Crippen molar-refractivity contribution in [1.82, 2.24) is 9.97 Å². The highest BCUT2D eigenvalue weighted by Gasteiger charge is 2.13. The van der Waals surface area contributed by atoms with E-state index in [0.29, 0.717) is 23.3 Å². The van der Waals surface area contributed by atoms with Crippen molar-refractivity contribution in [2.24, 2.45) is 5.92 Å². The van der Waals surface area contributed by atoms with Gasteiger partial charge in [0.25, 0.3) is 0 Å². The lowest BCUT2D eigenvalue weighted by Crippen LogP contribution is -2.17. The molecule has 3 N–H and O–H groups in total. The van der Waals surface area contributed by atoms with Crippen LogP contribution in [0.5, 0.6) is 5.75 Å². The molecule has 20 heavy (non-hydrogen) atoms. The maximum Gasteiger partial charge on any atom is 0.204 e. The number of aliphatic hydroxyl groups excluding tert-OH is 1. The quantitative estimate of drug-likeness (QED) is 0.610. The molecule has 1 aromatic heterocycles. The number of rotatable bonds is 10. The predicted molar refractivity (Wildman–Crippen MR) is 81.3 cm³/mol. The van der Waals surface area contributed by atoms with Gasteiger partial charge in [-0.2, -0.15) is 0 Å². The number of hydrogen-bond donors (Lipinski definition) is 3. The maximum absolute atomic E-state index is 9.02. The molecule has 0 saturated heterocycles. The van der Waals surface area contributed by atoms with Crippen molar-refractivity contribution in [2.45, 2.75) is 33.1 Å². The predicted octanol–water partition coefficient (Wildman–Crippen LogP) is 2.13. The maximum atomic E-state index is 9.02. The Kier molecular flexibility index (Phi) is 7.72. The number of aromatic nitrogens is 2. The number of hydrogen-bond acceptors (Lipinski definition) is 6. The molecular formula is C14H26N4O2. The van der Waals surface area contributed by atoms with E-state index in [-0.39, 0.29) is 6.61 Å². The lowest BCUT2D eigenvalue weighted by molar-refractivity contribution is 0.258. The van der Waals surface area contributed by atoms with E-state index >= 15 is 0 Å². The molecule has 1 rings (SSSR count). The van der Waals surface area contributed by atoms with Crippen LogP contribution in [0.25, 0.3) is 0 Å². The highest BCUT2D eigenvalue weighted by molar-refractivity contribution is 5.63. The van der Waals surface area contributed by atoms with E-state index in [1.54, 1.807) is 7.11 Å². The van der Waals surface area contributed by atoms with Crippen LogP contribution in [0.1, 0.15) is 33.1 Å². The van der Waals surface area contributed by atoms with Gasteiger partial charge in [0, 0.05) is 19.7 Å². The largest absolute Gasteiger partial charge is 0.490 e. The molecule has 6 heteroatoms. The van der Waals surface area contributed by atoms with Crippen LogP contribution in [-0.2, 0) is 0 Å². The summed E-state index contributed by atoms with van der Waals surface area (Å²) in [6, 6.07) is 0. The van der Waals surface area contributed by atoms with Crippen LogP contribution in [0.2, 0.25) is 0 Å². The second-order valence-corrected chi connectivity index (χ2v) is 4.70. The fourth-order valence-corrected chi connectivity index (χ4v) is 1.94. The zero-order valence-electron chi connectivity index (χ0n) is 12.6. The smallest absolute Gasteiger partial charge is 0.204 e. The van der Waals surface area contributed by atoms with E-state index < -0.39 is 0 Å². The Morgan fingerprint density at radius 1 is 1.25 bits per heavy atom. The average Bonchev–Trinajstić information content (AvgIpc) is 2.49. The highest BCUT2D eigenvalue weighted by Crippen LogP contribution is 2.29. The summed E-state index contributed by atoms with van der Waals surface area (Å²) in [6.45, 7) is 6.03. The van der Waals surface area contributed by atoms with Gasteiger partial charge in [-0.05, 0) is 18.8 Å². The Bertz CT molecular complexity index is 387. The summed E-state index contributed by atoms with van der Waals surface area (Å²) in [7, 11) is 1.62. The fourth-order valence-electron chi connectivity index (χ4n) is 1.94. The van der Waals surface area contributed by atoms with Gasteiger partial charge in [0.2, 0.25) is 5.75 Å². The Balaban J connectivity index is 2.73. The molecule has 0 amide bonds. The van der Waals surface area contributed by atoms with Gasteiger partial charge < -0.3 is 20.5 Å². The van der Waals surface area contributed by atoms with Gasteiger partial charge in [-0.1, -0.05) is 20.3 Å². The minimum absolute atomic E-state index is 0.213. The zero-order chi connectivity index (χ0) is 14.8. The normalized spacial score (nSPS) is 12.0. The molecular weight excluding hydrogens is 256 g/mol. The molecule has 1 aromatic rings. The second kappa shape index (κ2) is 9.36. The first-order valence-corrected chi connectivity index (χ1v) is 7.24. The van der Waals surface area contributed by atoms with E-state index in [1.807, 2.05) is 0 Å². The van der Waals surface area contributed by atoms with Crippen molar-refractivity contribution < 1.29 is 9.84 Å². The minimum Gasteiger partial charge on any atom is -0.490 e. The third-order valence-corrected chi connectivity index (χ3v) is 3.22. The fraction of sp³-hybridized carbons (Fsp3) is 0.714. The van der Waals surface area contributed by atoms with Crippen LogP contribution in [-0.4, -0.2) is 41.9 Å². The summed E-state index contributed by atoms with van der Waals surface area (Å²) in [5, 5.41) is 15.5. The van der Waals surface area contributed by atoms with Crippen molar-refractivity contribution in [3.8, 4) is 5.75 Å². The Morgan fingerprint density at radius 2 is 1.95 bits per heavy atom. The van der Waals surface area contributed by atoms with Crippen molar-refractivity contribution in [1.29, 1.82) is 0 Å². The summed E-state index contributed by atoms with van der Waals surface area (Å²) >= 11 is 0. The van der Waals surface area contributed by atoms with E-state index in [0.717, 1.165) is 32.4 Å². The Hall–Kier alpha value is -1.56. The van der Waals surface area contributed by atoms with Gasteiger partial charge >= 0.3 is 0 Å². The van der Waals surface area contributed by atoms with Gasteiger partial charge in [-0.15, -0.1) is 0 Å². The van der Waals surface area contributed by atoms with Crippen LogP contribution < -0.4 is 15.4 Å². The van der Waals surface area contributed by atoms with Crippen LogP contribution >= 0.6 is 0 Å². The van der Waals surface area contributed by atoms with Gasteiger partial charge in [-0.25, -0.2) is 9.97 Å². The summed E-state index contributed by atoms with van der Waals surface area (Å²) in [5.74, 6) is 2.46. The van der Waals surface area contributed by atoms with Gasteiger partial charge in [0.05, 0.1) is 7.11 Å². The number of methoxy groups -OCH3 is 1. The molecule has 0 saturated carbocycles. The minimum atomic E-state index is 0.213. The van der Waals surface area contributed by atoms with Crippen LogP contribution in [0, 0.1) is 5.92 Å². The molecule has 0 aliphatic carbocycles. The first kappa shape index (κ1) is 16.5. The molecule has 1 heterocycles. The Labute approximate surface area is 121 Å². The second-order valence-electron chi connectivity index (χ2n) is 4.70. The standard InChI is InChI=1S/C14H26N4O2/c1-4-7-15-13-12(20-3)14(18-10-17-13)16-9-11(5-2)6-8-19/h10-11,19H,4-9H2,1-3H3,(H2,15,16,17,18). The molecule has 0 radical (unpaired) electrons. The van der Waals surface area contributed by atoms with Crippen molar-refractivity contribution in [3.63, 3.8) is 0 Å². The molecule has 1 atom stereocenters. The lowest BCUT2D eigenvalue weighted by atomic mass is 10.0. The average molecular weight is 282 g/mol. The summed E-state index contributed by atoms with van der Waals surface area (Å²) < 4.78 is 5.40. The van der Waals surface area contributed by atoms with Crippen molar-refractivity contribution >= 4 is 11.6 Å². The van der Waals surface area contributed by atoms with Gasteiger partial charge in [0.1, 0.15) is 6.33 Å². The molecule has 114 valence electrons. The van der Waals surface area contributed by atoms with Crippen LogP contribution in [0.15, 0.2) is 6.33 Å². The molecule has 0 bridgehead atoms. The SMILES string of the molecule is CCCNc1ncnc(NCC(CC)CCO)c1OC.